The lowest BCUT2D eigenvalue weighted by atomic mass is 9.80. The van der Waals surface area contributed by atoms with Gasteiger partial charge in [0.25, 0.3) is 0 Å². The Balaban J connectivity index is 0.00000264. The average Bonchev–Trinajstić information content (AvgIpc) is 2.44. The number of carbonyl (C=O) groups excluding carboxylic acids is 1. The van der Waals surface area contributed by atoms with E-state index < -0.39 is 0 Å². The molecule has 1 aliphatic heterocycles. The maximum atomic E-state index is 12.3. The number of piperidine rings is 1. The largest absolute Gasteiger partial charge is 0.341 e. The molecule has 1 heterocycles. The van der Waals surface area contributed by atoms with Gasteiger partial charge in [0.15, 0.2) is 0 Å². The highest BCUT2D eigenvalue weighted by Crippen LogP contribution is 2.29. The summed E-state index contributed by atoms with van der Waals surface area (Å²) in [6, 6.07) is 5.62. The van der Waals surface area contributed by atoms with E-state index >= 15 is 0 Å². The van der Waals surface area contributed by atoms with Crippen LogP contribution in [0.1, 0.15) is 25.8 Å². The molecule has 7 heteroatoms. The van der Waals surface area contributed by atoms with E-state index in [1.165, 1.54) is 0 Å². The van der Waals surface area contributed by atoms with Crippen molar-refractivity contribution >= 4 is 53.3 Å². The summed E-state index contributed by atoms with van der Waals surface area (Å²) in [5.74, 6) is 1.35. The maximum Gasteiger partial charge on any atom is 0.232 e. The highest BCUT2D eigenvalue weighted by Gasteiger charge is 2.35. The summed E-state index contributed by atoms with van der Waals surface area (Å²) < 4.78 is 0. The van der Waals surface area contributed by atoms with Crippen molar-refractivity contribution in [1.82, 2.24) is 4.90 Å². The molecule has 2 rings (SSSR count). The van der Waals surface area contributed by atoms with Crippen molar-refractivity contribution in [3.05, 3.63) is 33.8 Å². The molecule has 0 radical (unpaired) electrons. The number of rotatable bonds is 4. The topological polar surface area (TPSA) is 46.3 Å². The molecule has 1 aliphatic rings. The van der Waals surface area contributed by atoms with Crippen molar-refractivity contribution in [2.75, 3.05) is 18.8 Å². The molecule has 1 fully saturated rings. The zero-order valence-corrected chi connectivity index (χ0v) is 16.5. The Hall–Kier alpha value is -0.130. The van der Waals surface area contributed by atoms with Crippen molar-refractivity contribution in [2.45, 2.75) is 32.1 Å². The normalized spacial score (nSPS) is 20.0. The zero-order chi connectivity index (χ0) is 16.3. The number of nitrogens with zero attached hydrogens (tertiary/aromatic N) is 1. The highest BCUT2D eigenvalue weighted by molar-refractivity contribution is 7.99. The zero-order valence-electron chi connectivity index (χ0n) is 13.4. The van der Waals surface area contributed by atoms with Crippen LogP contribution >= 0.6 is 47.4 Å². The Morgan fingerprint density at radius 1 is 1.43 bits per heavy atom. The lowest BCUT2D eigenvalue weighted by Gasteiger charge is -2.42. The van der Waals surface area contributed by atoms with Crippen LogP contribution in [0.15, 0.2) is 18.2 Å². The monoisotopic (exact) mass is 396 g/mol. The third-order valence-electron chi connectivity index (χ3n) is 4.16. The standard InChI is InChI=1S/C16H22Cl2N2OS.ClH/c1-16(2)10-20(6-5-14(16)19)15(21)9-22-8-11-3-4-12(17)7-13(11)18;/h3-4,7,14H,5-6,8-10,19H2,1-2H3;1H. The van der Waals surface area contributed by atoms with Crippen LogP contribution in [0.5, 0.6) is 0 Å². The predicted octanol–water partition coefficient (Wildman–Crippen LogP) is 4.23. The quantitative estimate of drug-likeness (QED) is 0.826. The first kappa shape index (κ1) is 20.9. The second kappa shape index (κ2) is 8.82. The van der Waals surface area contributed by atoms with Gasteiger partial charge >= 0.3 is 0 Å². The first-order valence-electron chi connectivity index (χ1n) is 7.34. The molecule has 1 saturated heterocycles. The Morgan fingerprint density at radius 3 is 2.74 bits per heavy atom. The number of carbonyl (C=O) groups is 1. The third-order valence-corrected chi connectivity index (χ3v) is 5.72. The first-order valence-corrected chi connectivity index (χ1v) is 9.26. The Labute approximate surface area is 158 Å². The highest BCUT2D eigenvalue weighted by atomic mass is 35.5. The molecule has 130 valence electrons. The molecular weight excluding hydrogens is 375 g/mol. The van der Waals surface area contributed by atoms with Crippen LogP contribution in [0.2, 0.25) is 10.0 Å². The minimum absolute atomic E-state index is 0. The summed E-state index contributed by atoms with van der Waals surface area (Å²) in [6.07, 6.45) is 0.867. The number of hydrogen-bond acceptors (Lipinski definition) is 3. The van der Waals surface area contributed by atoms with E-state index in [0.29, 0.717) is 21.6 Å². The van der Waals surface area contributed by atoms with Crippen LogP contribution in [0, 0.1) is 5.41 Å². The molecule has 1 unspecified atom stereocenters. The Bertz CT molecular complexity index is 554. The molecule has 0 aromatic heterocycles. The van der Waals surface area contributed by atoms with Gasteiger partial charge in [0, 0.05) is 34.9 Å². The van der Waals surface area contributed by atoms with Gasteiger partial charge in [0.1, 0.15) is 0 Å². The summed E-state index contributed by atoms with van der Waals surface area (Å²) in [5.41, 5.74) is 7.10. The predicted molar refractivity (Wildman–Crippen MR) is 103 cm³/mol. The Morgan fingerprint density at radius 2 is 2.13 bits per heavy atom. The minimum atomic E-state index is -0.0158. The van der Waals surface area contributed by atoms with E-state index in [9.17, 15) is 4.79 Å². The number of amides is 1. The molecule has 1 aromatic rings. The minimum Gasteiger partial charge on any atom is -0.341 e. The summed E-state index contributed by atoms with van der Waals surface area (Å²) in [5, 5.41) is 1.28. The second-order valence-corrected chi connectivity index (χ2v) is 8.26. The van der Waals surface area contributed by atoms with E-state index in [0.717, 1.165) is 25.1 Å². The van der Waals surface area contributed by atoms with Crippen molar-refractivity contribution in [3.8, 4) is 0 Å². The van der Waals surface area contributed by atoms with E-state index in [1.807, 2.05) is 17.0 Å². The van der Waals surface area contributed by atoms with Gasteiger partial charge in [0.2, 0.25) is 5.91 Å². The fourth-order valence-electron chi connectivity index (χ4n) is 2.57. The molecule has 0 spiro atoms. The summed E-state index contributed by atoms with van der Waals surface area (Å²) >= 11 is 13.6. The number of halogens is 3. The first-order chi connectivity index (χ1) is 10.3. The van der Waals surface area contributed by atoms with Crippen LogP contribution in [-0.4, -0.2) is 35.7 Å². The maximum absolute atomic E-state index is 12.3. The summed E-state index contributed by atoms with van der Waals surface area (Å²) in [6.45, 7) is 5.73. The van der Waals surface area contributed by atoms with Crippen LogP contribution in [0.25, 0.3) is 0 Å². The number of nitrogens with two attached hydrogens (primary N) is 1. The molecule has 23 heavy (non-hydrogen) atoms. The van der Waals surface area contributed by atoms with E-state index in [-0.39, 0.29) is 29.8 Å². The molecule has 3 nitrogen and oxygen atoms in total. The Kier molecular flexibility index (Phi) is 8.02. The van der Waals surface area contributed by atoms with Crippen LogP contribution in [0.4, 0.5) is 0 Å². The summed E-state index contributed by atoms with van der Waals surface area (Å²) in [4.78, 5) is 14.3. The van der Waals surface area contributed by atoms with Crippen molar-refractivity contribution < 1.29 is 4.79 Å². The van der Waals surface area contributed by atoms with E-state index in [2.05, 4.69) is 13.8 Å². The number of thioether (sulfide) groups is 1. The number of likely N-dealkylation sites (tertiary alicyclic amines) is 1. The number of benzene rings is 1. The van der Waals surface area contributed by atoms with Gasteiger partial charge in [-0.2, -0.15) is 0 Å². The van der Waals surface area contributed by atoms with E-state index in [1.54, 1.807) is 17.8 Å². The van der Waals surface area contributed by atoms with E-state index in [4.69, 9.17) is 28.9 Å². The van der Waals surface area contributed by atoms with Crippen LogP contribution in [0.3, 0.4) is 0 Å². The molecular formula is C16H23Cl3N2OS. The van der Waals surface area contributed by atoms with Crippen LogP contribution in [-0.2, 0) is 10.5 Å². The smallest absolute Gasteiger partial charge is 0.232 e. The number of hydrogen-bond donors (Lipinski definition) is 1. The fraction of sp³-hybridized carbons (Fsp3) is 0.562. The third kappa shape index (κ3) is 5.71. The molecule has 1 atom stereocenters. The van der Waals surface area contributed by atoms with Crippen molar-refractivity contribution in [3.63, 3.8) is 0 Å². The summed E-state index contributed by atoms with van der Waals surface area (Å²) in [7, 11) is 0. The SMILES string of the molecule is CC1(C)CN(C(=O)CSCc2ccc(Cl)cc2Cl)CCC1N.Cl. The average molecular weight is 398 g/mol. The van der Waals surface area contributed by atoms with Gasteiger partial charge in [-0.05, 0) is 29.5 Å². The molecule has 1 aromatic carbocycles. The fourth-order valence-corrected chi connectivity index (χ4v) is 4.05. The van der Waals surface area contributed by atoms with Gasteiger partial charge in [-0.1, -0.05) is 43.1 Å². The van der Waals surface area contributed by atoms with Gasteiger partial charge in [0.05, 0.1) is 5.75 Å². The molecule has 1 amide bonds. The molecule has 0 aliphatic carbocycles. The van der Waals surface area contributed by atoms with Gasteiger partial charge in [-0.25, -0.2) is 0 Å². The van der Waals surface area contributed by atoms with Crippen LogP contribution < -0.4 is 5.73 Å². The lowest BCUT2D eigenvalue weighted by molar-refractivity contribution is -0.131. The van der Waals surface area contributed by atoms with Gasteiger partial charge < -0.3 is 10.6 Å². The van der Waals surface area contributed by atoms with Crippen molar-refractivity contribution in [2.24, 2.45) is 11.1 Å². The van der Waals surface area contributed by atoms with Crippen molar-refractivity contribution in [1.29, 1.82) is 0 Å². The molecule has 0 bridgehead atoms. The van der Waals surface area contributed by atoms with Gasteiger partial charge in [-0.3, -0.25) is 4.79 Å². The van der Waals surface area contributed by atoms with Gasteiger partial charge in [-0.15, -0.1) is 24.2 Å². The molecule has 0 saturated carbocycles. The lowest BCUT2D eigenvalue weighted by Crippen LogP contribution is -2.54. The second-order valence-electron chi connectivity index (χ2n) is 6.43. The molecule has 2 N–H and O–H groups in total.